The Morgan fingerprint density at radius 3 is 2.46 bits per heavy atom. The lowest BCUT2D eigenvalue weighted by molar-refractivity contribution is -0.137. The first-order valence-corrected chi connectivity index (χ1v) is 9.50. The molecule has 0 amide bonds. The molecule has 0 unspecified atom stereocenters. The summed E-state index contributed by atoms with van der Waals surface area (Å²) in [5, 5.41) is 0. The Bertz CT molecular complexity index is 565. The van der Waals surface area contributed by atoms with E-state index in [1.807, 2.05) is 25.6 Å². The van der Waals surface area contributed by atoms with Crippen LogP contribution in [-0.2, 0) is 6.18 Å². The van der Waals surface area contributed by atoms with Gasteiger partial charge in [-0.05, 0) is 68.7 Å². The number of rotatable bonds is 4. The smallest absolute Gasteiger partial charge is 0.416 e. The molecule has 2 aliphatic heterocycles. The number of likely N-dealkylation sites (tertiary alicyclic amines) is 1. The molecule has 1 spiro atoms. The summed E-state index contributed by atoms with van der Waals surface area (Å²) in [7, 11) is 0. The third-order valence-electron chi connectivity index (χ3n) is 4.88. The van der Waals surface area contributed by atoms with Crippen LogP contribution in [0.2, 0.25) is 0 Å². The van der Waals surface area contributed by atoms with Crippen LogP contribution in [0, 0.1) is 5.41 Å². The van der Waals surface area contributed by atoms with Crippen LogP contribution in [0.4, 0.5) is 13.2 Å². The summed E-state index contributed by atoms with van der Waals surface area (Å²) >= 11 is 2.05. The molecule has 0 aliphatic carbocycles. The van der Waals surface area contributed by atoms with E-state index in [0.717, 1.165) is 31.8 Å². The van der Waals surface area contributed by atoms with Crippen molar-refractivity contribution in [2.24, 2.45) is 5.41 Å². The average molecular weight is 359 g/mol. The van der Waals surface area contributed by atoms with Crippen molar-refractivity contribution in [3.05, 3.63) is 29.8 Å². The molecule has 24 heavy (non-hydrogen) atoms. The second-order valence-corrected chi connectivity index (χ2v) is 8.75. The molecule has 2 aliphatic rings. The maximum Gasteiger partial charge on any atom is 0.416 e. The third kappa shape index (κ3) is 4.20. The molecule has 0 N–H and O–H groups in total. The second kappa shape index (κ2) is 6.45. The first kappa shape index (κ1) is 17.9. The minimum atomic E-state index is -4.31. The number of halogens is 3. The van der Waals surface area contributed by atoms with Crippen LogP contribution in [-0.4, -0.2) is 41.6 Å². The SMILES string of the molecule is CC(C)(CN1CC[C@]2(CCSC2)C1)Oc1ccc(C(F)(F)F)cc1. The van der Waals surface area contributed by atoms with Gasteiger partial charge in [0.05, 0.1) is 5.56 Å². The van der Waals surface area contributed by atoms with Crippen LogP contribution in [0.15, 0.2) is 24.3 Å². The molecule has 2 fully saturated rings. The number of benzene rings is 1. The molecule has 6 heteroatoms. The molecule has 0 radical (unpaired) electrons. The average Bonchev–Trinajstić information content (AvgIpc) is 3.08. The maximum atomic E-state index is 12.6. The minimum absolute atomic E-state index is 0.434. The number of ether oxygens (including phenoxy) is 1. The van der Waals surface area contributed by atoms with E-state index in [2.05, 4.69) is 4.90 Å². The molecule has 1 aromatic rings. The highest BCUT2D eigenvalue weighted by molar-refractivity contribution is 7.99. The fourth-order valence-electron chi connectivity index (χ4n) is 3.74. The van der Waals surface area contributed by atoms with Gasteiger partial charge in [-0.1, -0.05) is 0 Å². The standard InChI is InChI=1S/C18H24F3NOS/c1-16(2,11-22-9-7-17(12-22)8-10-24-13-17)23-15-5-3-14(4-6-15)18(19,20)21/h3-6H,7-13H2,1-2H3/t17-/m0/s1. The molecule has 0 aromatic heterocycles. The predicted molar refractivity (Wildman–Crippen MR) is 91.6 cm³/mol. The Labute approximate surface area is 145 Å². The number of thioether (sulfide) groups is 1. The molecule has 2 saturated heterocycles. The zero-order valence-electron chi connectivity index (χ0n) is 14.2. The highest BCUT2D eigenvalue weighted by Crippen LogP contribution is 2.43. The van der Waals surface area contributed by atoms with Gasteiger partial charge < -0.3 is 4.74 Å². The lowest BCUT2D eigenvalue weighted by Crippen LogP contribution is -2.42. The third-order valence-corrected chi connectivity index (χ3v) is 6.19. The van der Waals surface area contributed by atoms with Crippen LogP contribution in [0.5, 0.6) is 5.75 Å². The van der Waals surface area contributed by atoms with Gasteiger partial charge in [0.15, 0.2) is 0 Å². The molecule has 2 heterocycles. The Balaban J connectivity index is 1.58. The molecule has 2 nitrogen and oxygen atoms in total. The summed E-state index contributed by atoms with van der Waals surface area (Å²) in [5.74, 6) is 3.00. The van der Waals surface area contributed by atoms with Gasteiger partial charge in [-0.25, -0.2) is 0 Å². The van der Waals surface area contributed by atoms with Crippen molar-refractivity contribution in [1.29, 1.82) is 0 Å². The normalized spacial score (nSPS) is 25.5. The van der Waals surface area contributed by atoms with Crippen LogP contribution in [0.3, 0.4) is 0 Å². The zero-order chi connectivity index (χ0) is 17.4. The van der Waals surface area contributed by atoms with E-state index in [0.29, 0.717) is 11.2 Å². The van der Waals surface area contributed by atoms with Crippen molar-refractivity contribution in [3.63, 3.8) is 0 Å². The summed E-state index contributed by atoms with van der Waals surface area (Å²) in [6, 6.07) is 4.96. The Kier molecular flexibility index (Phi) is 4.82. The monoisotopic (exact) mass is 359 g/mol. The van der Waals surface area contributed by atoms with Crippen molar-refractivity contribution >= 4 is 11.8 Å². The van der Waals surface area contributed by atoms with Gasteiger partial charge in [-0.3, -0.25) is 4.90 Å². The van der Waals surface area contributed by atoms with Crippen molar-refractivity contribution in [2.75, 3.05) is 31.1 Å². The summed E-state index contributed by atoms with van der Waals surface area (Å²) in [4.78, 5) is 2.44. The summed E-state index contributed by atoms with van der Waals surface area (Å²) in [5.41, 5.74) is -0.598. The van der Waals surface area contributed by atoms with Gasteiger partial charge >= 0.3 is 6.18 Å². The minimum Gasteiger partial charge on any atom is -0.487 e. The van der Waals surface area contributed by atoms with E-state index in [-0.39, 0.29) is 0 Å². The number of hydrogen-bond acceptors (Lipinski definition) is 3. The zero-order valence-corrected chi connectivity index (χ0v) is 15.0. The first-order chi connectivity index (χ1) is 11.2. The fraction of sp³-hybridized carbons (Fsp3) is 0.667. The van der Waals surface area contributed by atoms with E-state index in [1.54, 1.807) is 0 Å². The van der Waals surface area contributed by atoms with Crippen LogP contribution in [0.1, 0.15) is 32.3 Å². The molecule has 3 rings (SSSR count). The van der Waals surface area contributed by atoms with Crippen molar-refractivity contribution in [1.82, 2.24) is 4.90 Å². The summed E-state index contributed by atoms with van der Waals surface area (Å²) in [6.07, 6.45) is -1.76. The topological polar surface area (TPSA) is 12.5 Å². The largest absolute Gasteiger partial charge is 0.487 e. The van der Waals surface area contributed by atoms with Crippen molar-refractivity contribution in [3.8, 4) is 5.75 Å². The number of hydrogen-bond donors (Lipinski definition) is 0. The van der Waals surface area contributed by atoms with Crippen LogP contribution in [0.25, 0.3) is 0 Å². The highest BCUT2D eigenvalue weighted by atomic mass is 32.2. The Hall–Kier alpha value is -0.880. The highest BCUT2D eigenvalue weighted by Gasteiger charge is 2.42. The molecular weight excluding hydrogens is 335 g/mol. The van der Waals surface area contributed by atoms with Gasteiger partial charge in [0.1, 0.15) is 11.4 Å². The van der Waals surface area contributed by atoms with Crippen molar-refractivity contribution < 1.29 is 17.9 Å². The van der Waals surface area contributed by atoms with E-state index in [1.165, 1.54) is 36.5 Å². The number of nitrogens with zero attached hydrogens (tertiary/aromatic N) is 1. The summed E-state index contributed by atoms with van der Waals surface area (Å²) < 4.78 is 43.8. The van der Waals surface area contributed by atoms with E-state index in [4.69, 9.17) is 4.74 Å². The maximum absolute atomic E-state index is 12.6. The van der Waals surface area contributed by atoms with Gasteiger partial charge in [-0.2, -0.15) is 24.9 Å². The van der Waals surface area contributed by atoms with Gasteiger partial charge in [-0.15, -0.1) is 0 Å². The van der Waals surface area contributed by atoms with Crippen LogP contribution < -0.4 is 4.74 Å². The quantitative estimate of drug-likeness (QED) is 0.774. The lowest BCUT2D eigenvalue weighted by atomic mass is 9.87. The van der Waals surface area contributed by atoms with Gasteiger partial charge in [0, 0.05) is 18.8 Å². The molecule has 1 aromatic carbocycles. The first-order valence-electron chi connectivity index (χ1n) is 8.34. The molecule has 134 valence electrons. The second-order valence-electron chi connectivity index (χ2n) is 7.65. The van der Waals surface area contributed by atoms with E-state index < -0.39 is 17.3 Å². The Morgan fingerprint density at radius 2 is 1.88 bits per heavy atom. The fourth-order valence-corrected chi connectivity index (χ4v) is 5.27. The number of alkyl halides is 3. The van der Waals surface area contributed by atoms with Crippen LogP contribution >= 0.6 is 11.8 Å². The van der Waals surface area contributed by atoms with E-state index in [9.17, 15) is 13.2 Å². The molecular formula is C18H24F3NOS. The lowest BCUT2D eigenvalue weighted by Gasteiger charge is -2.32. The Morgan fingerprint density at radius 1 is 1.17 bits per heavy atom. The van der Waals surface area contributed by atoms with Gasteiger partial charge in [0.25, 0.3) is 0 Å². The predicted octanol–water partition coefficient (Wildman–Crippen LogP) is 4.69. The molecule has 0 bridgehead atoms. The van der Waals surface area contributed by atoms with Gasteiger partial charge in [0.2, 0.25) is 0 Å². The molecule has 0 saturated carbocycles. The van der Waals surface area contributed by atoms with E-state index >= 15 is 0 Å². The van der Waals surface area contributed by atoms with Crippen molar-refractivity contribution in [2.45, 2.75) is 38.5 Å². The molecule has 1 atom stereocenters. The summed E-state index contributed by atoms with van der Waals surface area (Å²) in [6.45, 7) is 6.98.